The van der Waals surface area contributed by atoms with Crippen LogP contribution in [0.25, 0.3) is 16.9 Å². The van der Waals surface area contributed by atoms with Crippen LogP contribution in [0.5, 0.6) is 0 Å². The first-order valence-corrected chi connectivity index (χ1v) is 11.0. The van der Waals surface area contributed by atoms with Gasteiger partial charge in [0.15, 0.2) is 0 Å². The zero-order chi connectivity index (χ0) is 22.7. The van der Waals surface area contributed by atoms with Crippen molar-refractivity contribution in [1.29, 1.82) is 0 Å². The lowest BCUT2D eigenvalue weighted by molar-refractivity contribution is 0.0666. The van der Waals surface area contributed by atoms with Gasteiger partial charge in [-0.05, 0) is 50.1 Å². The molecular formula is C25H29N5O2. The number of rotatable bonds is 4. The second-order valence-corrected chi connectivity index (χ2v) is 8.09. The van der Waals surface area contributed by atoms with Gasteiger partial charge < -0.3 is 15.1 Å². The van der Waals surface area contributed by atoms with E-state index in [2.05, 4.69) is 31.3 Å². The molecule has 1 aliphatic heterocycles. The number of nitrogens with zero attached hydrogens (tertiary/aromatic N) is 4. The molecule has 0 unspecified atom stereocenters. The van der Waals surface area contributed by atoms with E-state index in [9.17, 15) is 9.59 Å². The number of aryl methyl sites for hydroxylation is 2. The van der Waals surface area contributed by atoms with Gasteiger partial charge in [-0.1, -0.05) is 30.3 Å². The smallest absolute Gasteiger partial charge is 0.317 e. The molecule has 0 bridgehead atoms. The molecule has 0 radical (unpaired) electrons. The monoisotopic (exact) mass is 431 g/mol. The molecule has 1 N–H and O–H groups in total. The molecule has 0 saturated carbocycles. The topological polar surface area (TPSA) is 70.5 Å². The molecule has 0 spiro atoms. The Balaban J connectivity index is 1.65. The molecular weight excluding hydrogens is 402 g/mol. The van der Waals surface area contributed by atoms with Gasteiger partial charge >= 0.3 is 6.03 Å². The second-order valence-electron chi connectivity index (χ2n) is 8.09. The number of hydrogen-bond donors (Lipinski definition) is 1. The van der Waals surface area contributed by atoms with Gasteiger partial charge in [-0.2, -0.15) is 5.10 Å². The van der Waals surface area contributed by atoms with Crippen molar-refractivity contribution >= 4 is 11.9 Å². The highest BCUT2D eigenvalue weighted by Gasteiger charge is 2.28. The molecule has 4 rings (SSSR count). The quantitative estimate of drug-likeness (QED) is 0.686. The molecule has 1 fully saturated rings. The van der Waals surface area contributed by atoms with Crippen molar-refractivity contribution in [3.05, 3.63) is 71.4 Å². The zero-order valence-corrected chi connectivity index (χ0v) is 18.8. The third kappa shape index (κ3) is 4.37. The average Bonchev–Trinajstić information content (AvgIpc) is 3.27. The largest absolute Gasteiger partial charge is 0.338 e. The Labute approximate surface area is 188 Å². The molecule has 0 aliphatic carbocycles. The number of benzene rings is 2. The van der Waals surface area contributed by atoms with E-state index < -0.39 is 0 Å². The minimum Gasteiger partial charge on any atom is -0.338 e. The van der Waals surface area contributed by atoms with E-state index in [1.54, 1.807) is 9.58 Å². The highest BCUT2D eigenvalue weighted by atomic mass is 16.2. The summed E-state index contributed by atoms with van der Waals surface area (Å²) in [6.07, 6.45) is 1.82. The molecule has 1 aromatic heterocycles. The molecule has 3 amide bonds. The van der Waals surface area contributed by atoms with Gasteiger partial charge in [0.2, 0.25) is 0 Å². The Morgan fingerprint density at radius 1 is 0.938 bits per heavy atom. The lowest BCUT2D eigenvalue weighted by Crippen LogP contribution is -2.53. The van der Waals surface area contributed by atoms with Crippen LogP contribution in [0.2, 0.25) is 0 Å². The highest BCUT2D eigenvalue weighted by molar-refractivity contribution is 6.00. The SMILES string of the molecule is CCNC(=O)N1CCN(C(=O)c2cn(-c3ccccc3)nc2-c2ccc(C)c(C)c2)CC1. The zero-order valence-electron chi connectivity index (χ0n) is 18.8. The normalized spacial score (nSPS) is 13.8. The van der Waals surface area contributed by atoms with Gasteiger partial charge in [0, 0.05) is 44.5 Å². The average molecular weight is 432 g/mol. The van der Waals surface area contributed by atoms with Crippen LogP contribution in [-0.4, -0.2) is 64.2 Å². The third-order valence-electron chi connectivity index (χ3n) is 5.93. The van der Waals surface area contributed by atoms with Crippen LogP contribution in [0.3, 0.4) is 0 Å². The maximum absolute atomic E-state index is 13.5. The van der Waals surface area contributed by atoms with Gasteiger partial charge in [-0.25, -0.2) is 9.48 Å². The van der Waals surface area contributed by atoms with Crippen LogP contribution in [0.4, 0.5) is 4.79 Å². The van der Waals surface area contributed by atoms with E-state index in [0.717, 1.165) is 16.8 Å². The summed E-state index contributed by atoms with van der Waals surface area (Å²) in [4.78, 5) is 29.2. The number of amides is 3. The Morgan fingerprint density at radius 2 is 1.62 bits per heavy atom. The van der Waals surface area contributed by atoms with Crippen molar-refractivity contribution in [2.45, 2.75) is 20.8 Å². The van der Waals surface area contributed by atoms with E-state index in [0.29, 0.717) is 44.0 Å². The second kappa shape index (κ2) is 9.26. The summed E-state index contributed by atoms with van der Waals surface area (Å²) in [5.41, 5.74) is 5.43. The van der Waals surface area contributed by atoms with Crippen LogP contribution in [-0.2, 0) is 0 Å². The van der Waals surface area contributed by atoms with E-state index >= 15 is 0 Å². The summed E-state index contributed by atoms with van der Waals surface area (Å²) in [7, 11) is 0. The van der Waals surface area contributed by atoms with Crippen LogP contribution in [0.1, 0.15) is 28.4 Å². The lowest BCUT2D eigenvalue weighted by atomic mass is 10.0. The molecule has 32 heavy (non-hydrogen) atoms. The molecule has 7 heteroatoms. The van der Waals surface area contributed by atoms with Crippen LogP contribution in [0, 0.1) is 13.8 Å². The number of carbonyl (C=O) groups is 2. The summed E-state index contributed by atoms with van der Waals surface area (Å²) in [6, 6.07) is 15.9. The summed E-state index contributed by atoms with van der Waals surface area (Å²) >= 11 is 0. The first-order chi connectivity index (χ1) is 15.5. The first-order valence-electron chi connectivity index (χ1n) is 11.0. The maximum Gasteiger partial charge on any atom is 0.317 e. The van der Waals surface area contributed by atoms with E-state index in [4.69, 9.17) is 5.10 Å². The Bertz CT molecular complexity index is 1110. The van der Waals surface area contributed by atoms with Gasteiger partial charge in [-0.3, -0.25) is 4.79 Å². The molecule has 0 atom stereocenters. The van der Waals surface area contributed by atoms with Crippen molar-refractivity contribution in [3.8, 4) is 16.9 Å². The molecule has 1 saturated heterocycles. The number of carbonyl (C=O) groups excluding carboxylic acids is 2. The molecule has 166 valence electrons. The van der Waals surface area contributed by atoms with Crippen LogP contribution in [0.15, 0.2) is 54.7 Å². The molecule has 7 nitrogen and oxygen atoms in total. The minimum atomic E-state index is -0.0766. The summed E-state index contributed by atoms with van der Waals surface area (Å²) < 4.78 is 1.77. The Hall–Kier alpha value is -3.61. The number of para-hydroxylation sites is 1. The van der Waals surface area contributed by atoms with E-state index in [1.807, 2.05) is 54.4 Å². The molecule has 2 heterocycles. The maximum atomic E-state index is 13.5. The van der Waals surface area contributed by atoms with Gasteiger partial charge in [0.05, 0.1) is 11.3 Å². The van der Waals surface area contributed by atoms with E-state index in [-0.39, 0.29) is 11.9 Å². The summed E-state index contributed by atoms with van der Waals surface area (Å²) in [6.45, 7) is 8.66. The van der Waals surface area contributed by atoms with Gasteiger partial charge in [-0.15, -0.1) is 0 Å². The van der Waals surface area contributed by atoms with Gasteiger partial charge in [0.1, 0.15) is 5.69 Å². The number of nitrogens with one attached hydrogen (secondary N) is 1. The first kappa shape index (κ1) is 21.6. The van der Waals surface area contributed by atoms with Crippen LogP contribution >= 0.6 is 0 Å². The minimum absolute atomic E-state index is 0.0593. The molecule has 1 aliphatic rings. The van der Waals surface area contributed by atoms with Crippen molar-refractivity contribution in [2.75, 3.05) is 32.7 Å². The summed E-state index contributed by atoms with van der Waals surface area (Å²) in [5.74, 6) is -0.0593. The molecule has 2 aromatic carbocycles. The third-order valence-corrected chi connectivity index (χ3v) is 5.93. The predicted octanol–water partition coefficient (Wildman–Crippen LogP) is 3.64. The fourth-order valence-corrected chi connectivity index (χ4v) is 3.89. The lowest BCUT2D eigenvalue weighted by Gasteiger charge is -2.34. The van der Waals surface area contributed by atoms with Crippen molar-refractivity contribution in [3.63, 3.8) is 0 Å². The Morgan fingerprint density at radius 3 is 2.28 bits per heavy atom. The van der Waals surface area contributed by atoms with Crippen molar-refractivity contribution in [1.82, 2.24) is 24.9 Å². The number of urea groups is 1. The highest BCUT2D eigenvalue weighted by Crippen LogP contribution is 2.27. The van der Waals surface area contributed by atoms with Crippen molar-refractivity contribution in [2.24, 2.45) is 0 Å². The standard InChI is InChI=1S/C25H29N5O2/c1-4-26-25(32)29-14-12-28(13-15-29)24(31)22-17-30(21-8-6-5-7-9-21)27-23(22)20-11-10-18(2)19(3)16-20/h5-11,16-17H,4,12-15H2,1-3H3,(H,26,32). The Kier molecular flexibility index (Phi) is 6.25. The number of piperazine rings is 1. The van der Waals surface area contributed by atoms with Gasteiger partial charge in [0.25, 0.3) is 5.91 Å². The fraction of sp³-hybridized carbons (Fsp3) is 0.320. The van der Waals surface area contributed by atoms with Crippen molar-refractivity contribution < 1.29 is 9.59 Å². The predicted molar refractivity (Wildman–Crippen MR) is 125 cm³/mol. The molecule has 3 aromatic rings. The van der Waals surface area contributed by atoms with E-state index in [1.165, 1.54) is 5.56 Å². The fourth-order valence-electron chi connectivity index (χ4n) is 3.89. The van der Waals surface area contributed by atoms with Crippen LogP contribution < -0.4 is 5.32 Å². The number of hydrogen-bond acceptors (Lipinski definition) is 3. The number of aromatic nitrogens is 2. The summed E-state index contributed by atoms with van der Waals surface area (Å²) in [5, 5.41) is 7.62.